The van der Waals surface area contributed by atoms with Gasteiger partial charge in [0.1, 0.15) is 5.82 Å². The number of hydrogen-bond donors (Lipinski definition) is 2. The van der Waals surface area contributed by atoms with Crippen LogP contribution < -0.4 is 10.6 Å². The van der Waals surface area contributed by atoms with E-state index in [2.05, 4.69) is 25.9 Å². The van der Waals surface area contributed by atoms with Crippen LogP contribution in [0.3, 0.4) is 0 Å². The maximum atomic E-state index is 11.3. The summed E-state index contributed by atoms with van der Waals surface area (Å²) in [4.78, 5) is 11.3. The number of nitrogens with zero attached hydrogens (tertiary/aromatic N) is 4. The van der Waals surface area contributed by atoms with Gasteiger partial charge in [-0.1, -0.05) is 6.92 Å². The second-order valence-corrected chi connectivity index (χ2v) is 4.25. The van der Waals surface area contributed by atoms with Crippen LogP contribution in [0, 0.1) is 0 Å². The lowest BCUT2D eigenvalue weighted by Crippen LogP contribution is -2.28. The van der Waals surface area contributed by atoms with Crippen molar-refractivity contribution in [1.82, 2.24) is 25.3 Å². The number of aromatic nitrogens is 4. The van der Waals surface area contributed by atoms with Crippen molar-refractivity contribution in [2.24, 2.45) is 0 Å². The molecule has 0 saturated carbocycles. The summed E-state index contributed by atoms with van der Waals surface area (Å²) in [6.07, 6.45) is 4.92. The molecule has 20 heavy (non-hydrogen) atoms. The Balaban J connectivity index is 1.75. The first-order chi connectivity index (χ1) is 9.79. The van der Waals surface area contributed by atoms with E-state index in [1.54, 1.807) is 17.1 Å². The molecule has 0 aliphatic heterocycles. The number of hydrogen-bond acceptors (Lipinski definition) is 5. The molecule has 2 N–H and O–H groups in total. The molecule has 0 fully saturated rings. The molecule has 0 radical (unpaired) electrons. The predicted octanol–water partition coefficient (Wildman–Crippen LogP) is 0.990. The van der Waals surface area contributed by atoms with Gasteiger partial charge < -0.3 is 10.6 Å². The fourth-order valence-corrected chi connectivity index (χ4v) is 1.65. The van der Waals surface area contributed by atoms with Gasteiger partial charge in [-0.3, -0.25) is 4.79 Å². The van der Waals surface area contributed by atoms with Gasteiger partial charge in [-0.05, 0) is 24.6 Å². The zero-order valence-electron chi connectivity index (χ0n) is 11.4. The topological polar surface area (TPSA) is 84.7 Å². The molecular weight excluding hydrogens is 256 g/mol. The summed E-state index contributed by atoms with van der Waals surface area (Å²) in [6, 6.07) is 5.49. The van der Waals surface area contributed by atoms with E-state index in [0.29, 0.717) is 31.1 Å². The quantitative estimate of drug-likeness (QED) is 0.735. The summed E-state index contributed by atoms with van der Waals surface area (Å²) < 4.78 is 1.64. The molecule has 1 amide bonds. The zero-order chi connectivity index (χ0) is 14.2. The summed E-state index contributed by atoms with van der Waals surface area (Å²) in [5, 5.41) is 18.1. The molecule has 2 heterocycles. The van der Waals surface area contributed by atoms with E-state index in [0.717, 1.165) is 6.42 Å². The normalized spacial score (nSPS) is 10.2. The van der Waals surface area contributed by atoms with Crippen LogP contribution in [0.1, 0.15) is 19.8 Å². The minimum Gasteiger partial charge on any atom is -0.367 e. The third kappa shape index (κ3) is 4.04. The summed E-state index contributed by atoms with van der Waals surface area (Å²) in [7, 11) is 0. The highest BCUT2D eigenvalue weighted by Gasteiger charge is 2.00. The monoisotopic (exact) mass is 274 g/mol. The van der Waals surface area contributed by atoms with Gasteiger partial charge in [0.2, 0.25) is 5.91 Å². The van der Waals surface area contributed by atoms with Gasteiger partial charge in [0, 0.05) is 31.9 Å². The Morgan fingerprint density at radius 2 is 2.20 bits per heavy atom. The molecular formula is C13H18N6O. The van der Waals surface area contributed by atoms with Gasteiger partial charge in [-0.15, -0.1) is 10.2 Å². The average Bonchev–Trinajstić information content (AvgIpc) is 2.99. The molecule has 0 aromatic carbocycles. The molecule has 2 rings (SSSR count). The first kappa shape index (κ1) is 14.0. The Labute approximate surface area is 117 Å². The van der Waals surface area contributed by atoms with Crippen molar-refractivity contribution in [1.29, 1.82) is 0 Å². The van der Waals surface area contributed by atoms with E-state index in [-0.39, 0.29) is 5.91 Å². The number of rotatable bonds is 7. The Morgan fingerprint density at radius 3 is 2.85 bits per heavy atom. The van der Waals surface area contributed by atoms with E-state index in [9.17, 15) is 4.79 Å². The largest absolute Gasteiger partial charge is 0.367 e. The van der Waals surface area contributed by atoms with Crippen molar-refractivity contribution in [3.05, 3.63) is 30.6 Å². The smallest absolute Gasteiger partial charge is 0.220 e. The number of amides is 1. The van der Waals surface area contributed by atoms with Crippen LogP contribution in [0.5, 0.6) is 0 Å². The van der Waals surface area contributed by atoms with Crippen LogP contribution in [0.4, 0.5) is 5.82 Å². The molecule has 0 unspecified atom stereocenters. The van der Waals surface area contributed by atoms with Gasteiger partial charge in [-0.25, -0.2) is 4.68 Å². The molecule has 0 atom stereocenters. The van der Waals surface area contributed by atoms with Crippen LogP contribution >= 0.6 is 0 Å². The van der Waals surface area contributed by atoms with Gasteiger partial charge in [-0.2, -0.15) is 5.10 Å². The molecule has 7 heteroatoms. The third-order valence-electron chi connectivity index (χ3n) is 2.62. The molecule has 2 aromatic heterocycles. The molecule has 0 aliphatic rings. The molecule has 0 bridgehead atoms. The lowest BCUT2D eigenvalue weighted by molar-refractivity contribution is -0.121. The molecule has 0 spiro atoms. The van der Waals surface area contributed by atoms with Crippen molar-refractivity contribution in [3.8, 4) is 5.82 Å². The molecule has 0 aliphatic carbocycles. The van der Waals surface area contributed by atoms with E-state index < -0.39 is 0 Å². The summed E-state index contributed by atoms with van der Waals surface area (Å²) in [5.41, 5.74) is 0. The SMILES string of the molecule is CCCC(=O)NCCNc1ccc(-n2cccn2)nn1. The Kier molecular flexibility index (Phi) is 5.05. The van der Waals surface area contributed by atoms with Gasteiger partial charge in [0.15, 0.2) is 5.82 Å². The maximum absolute atomic E-state index is 11.3. The Hall–Kier alpha value is -2.44. The highest BCUT2D eigenvalue weighted by Crippen LogP contribution is 2.04. The number of carbonyl (C=O) groups excluding carboxylic acids is 1. The fourth-order valence-electron chi connectivity index (χ4n) is 1.65. The lowest BCUT2D eigenvalue weighted by Gasteiger charge is -2.07. The lowest BCUT2D eigenvalue weighted by atomic mass is 10.3. The van der Waals surface area contributed by atoms with E-state index in [1.165, 1.54) is 0 Å². The minimum absolute atomic E-state index is 0.0782. The standard InChI is InChI=1S/C13H18N6O/c1-2-4-13(20)15-9-8-14-11-5-6-12(18-17-11)19-10-3-7-16-19/h3,5-7,10H,2,4,8-9H2,1H3,(H,14,17)(H,15,20). The highest BCUT2D eigenvalue weighted by atomic mass is 16.1. The van der Waals surface area contributed by atoms with E-state index >= 15 is 0 Å². The third-order valence-corrected chi connectivity index (χ3v) is 2.62. The van der Waals surface area contributed by atoms with Crippen molar-refractivity contribution >= 4 is 11.7 Å². The van der Waals surface area contributed by atoms with Crippen LogP contribution in [0.25, 0.3) is 5.82 Å². The van der Waals surface area contributed by atoms with Crippen molar-refractivity contribution < 1.29 is 4.79 Å². The first-order valence-corrected chi connectivity index (χ1v) is 6.64. The summed E-state index contributed by atoms with van der Waals surface area (Å²) >= 11 is 0. The maximum Gasteiger partial charge on any atom is 0.220 e. The van der Waals surface area contributed by atoms with E-state index in [4.69, 9.17) is 0 Å². The zero-order valence-corrected chi connectivity index (χ0v) is 11.4. The fraction of sp³-hybridized carbons (Fsp3) is 0.385. The van der Waals surface area contributed by atoms with Gasteiger partial charge in [0.05, 0.1) is 0 Å². The minimum atomic E-state index is 0.0782. The van der Waals surface area contributed by atoms with Gasteiger partial charge >= 0.3 is 0 Å². The van der Waals surface area contributed by atoms with Crippen molar-refractivity contribution in [3.63, 3.8) is 0 Å². The second-order valence-electron chi connectivity index (χ2n) is 4.25. The summed E-state index contributed by atoms with van der Waals surface area (Å²) in [5.74, 6) is 1.41. The molecule has 7 nitrogen and oxygen atoms in total. The first-order valence-electron chi connectivity index (χ1n) is 6.64. The van der Waals surface area contributed by atoms with Gasteiger partial charge in [0.25, 0.3) is 0 Å². The Bertz CT molecular complexity index is 522. The predicted molar refractivity (Wildman–Crippen MR) is 75.6 cm³/mol. The average molecular weight is 274 g/mol. The number of nitrogens with one attached hydrogen (secondary N) is 2. The van der Waals surface area contributed by atoms with Crippen LogP contribution in [0.15, 0.2) is 30.6 Å². The van der Waals surface area contributed by atoms with Crippen molar-refractivity contribution in [2.45, 2.75) is 19.8 Å². The van der Waals surface area contributed by atoms with E-state index in [1.807, 2.05) is 25.1 Å². The van der Waals surface area contributed by atoms with Crippen LogP contribution in [0.2, 0.25) is 0 Å². The highest BCUT2D eigenvalue weighted by molar-refractivity contribution is 5.75. The number of carbonyl (C=O) groups is 1. The number of anilines is 1. The van der Waals surface area contributed by atoms with Crippen molar-refractivity contribution in [2.75, 3.05) is 18.4 Å². The molecule has 106 valence electrons. The molecule has 2 aromatic rings. The summed E-state index contributed by atoms with van der Waals surface area (Å²) in [6.45, 7) is 3.17. The molecule has 0 saturated heterocycles. The van der Waals surface area contributed by atoms with Crippen LogP contribution in [-0.2, 0) is 4.79 Å². The second kappa shape index (κ2) is 7.22. The Morgan fingerprint density at radius 1 is 1.30 bits per heavy atom. The van der Waals surface area contributed by atoms with Crippen LogP contribution in [-0.4, -0.2) is 39.0 Å².